The summed E-state index contributed by atoms with van der Waals surface area (Å²) < 4.78 is 36.4. The Bertz CT molecular complexity index is 291. The molecule has 0 spiro atoms. The quantitative estimate of drug-likeness (QED) is 0.590. The Morgan fingerprint density at radius 2 is 1.83 bits per heavy atom. The molecule has 0 aliphatic rings. The van der Waals surface area contributed by atoms with E-state index >= 15 is 0 Å². The number of halogens is 3. The summed E-state index contributed by atoms with van der Waals surface area (Å²) in [6.45, 7) is 3.11. The molecule has 0 fully saturated rings. The average molecular weight is 175 g/mol. The first kappa shape index (κ1) is 9.03. The standard InChI is InChI=1S/C8H8F3N/c1-5-3-6(2)7(12-4-5)8(9,10)11/h3-4H,1-2H3. The summed E-state index contributed by atoms with van der Waals surface area (Å²) in [5, 5.41) is 0. The van der Waals surface area contributed by atoms with Crippen molar-refractivity contribution in [2.24, 2.45) is 0 Å². The number of hydrogen-bond acceptors (Lipinski definition) is 1. The molecule has 0 aromatic carbocycles. The number of pyridine rings is 1. The first-order valence-corrected chi connectivity index (χ1v) is 3.41. The summed E-state index contributed by atoms with van der Waals surface area (Å²) in [6.07, 6.45) is -3.12. The second-order valence-electron chi connectivity index (χ2n) is 2.68. The SMILES string of the molecule is Cc1cnc(C(F)(F)F)c(C)c1. The second kappa shape index (κ2) is 2.77. The fraction of sp³-hybridized carbons (Fsp3) is 0.375. The van der Waals surface area contributed by atoms with Gasteiger partial charge in [-0.1, -0.05) is 6.07 Å². The number of nitrogens with zero attached hydrogens (tertiary/aromatic N) is 1. The van der Waals surface area contributed by atoms with Crippen molar-refractivity contribution in [1.82, 2.24) is 4.98 Å². The highest BCUT2D eigenvalue weighted by Gasteiger charge is 2.33. The van der Waals surface area contributed by atoms with E-state index in [0.29, 0.717) is 0 Å². The van der Waals surface area contributed by atoms with E-state index in [4.69, 9.17) is 0 Å². The van der Waals surface area contributed by atoms with Crippen molar-refractivity contribution in [1.29, 1.82) is 0 Å². The monoisotopic (exact) mass is 175 g/mol. The van der Waals surface area contributed by atoms with E-state index < -0.39 is 11.9 Å². The summed E-state index contributed by atoms with van der Waals surface area (Å²) in [5.41, 5.74) is 0.108. The predicted octanol–water partition coefficient (Wildman–Crippen LogP) is 2.72. The predicted molar refractivity (Wildman–Crippen MR) is 38.7 cm³/mol. The van der Waals surface area contributed by atoms with Crippen LogP contribution in [0.25, 0.3) is 0 Å². The highest BCUT2D eigenvalue weighted by Crippen LogP contribution is 2.29. The van der Waals surface area contributed by atoms with Gasteiger partial charge in [-0.25, -0.2) is 0 Å². The molecule has 0 aliphatic heterocycles. The molecular formula is C8H8F3N. The maximum absolute atomic E-state index is 12.1. The van der Waals surface area contributed by atoms with Gasteiger partial charge in [0.25, 0.3) is 0 Å². The van der Waals surface area contributed by atoms with Crippen molar-refractivity contribution in [2.75, 3.05) is 0 Å². The number of rotatable bonds is 0. The lowest BCUT2D eigenvalue weighted by molar-refractivity contribution is -0.141. The normalized spacial score (nSPS) is 11.8. The van der Waals surface area contributed by atoms with Gasteiger partial charge in [0.15, 0.2) is 0 Å². The zero-order chi connectivity index (χ0) is 9.35. The summed E-state index contributed by atoms with van der Waals surface area (Å²) in [6, 6.07) is 1.47. The zero-order valence-corrected chi connectivity index (χ0v) is 6.74. The van der Waals surface area contributed by atoms with Gasteiger partial charge in [-0.05, 0) is 25.0 Å². The average Bonchev–Trinajstić information content (AvgIpc) is 1.83. The Kier molecular flexibility index (Phi) is 2.08. The maximum Gasteiger partial charge on any atom is 0.433 e. The van der Waals surface area contributed by atoms with Gasteiger partial charge in [0.05, 0.1) is 0 Å². The van der Waals surface area contributed by atoms with Crippen LogP contribution in [0.4, 0.5) is 13.2 Å². The molecule has 1 heterocycles. The van der Waals surface area contributed by atoms with Gasteiger partial charge in [-0.15, -0.1) is 0 Å². The van der Waals surface area contributed by atoms with E-state index in [1.165, 1.54) is 19.2 Å². The molecule has 1 aromatic rings. The van der Waals surface area contributed by atoms with Crippen LogP contribution in [0.5, 0.6) is 0 Å². The minimum atomic E-state index is -4.34. The molecule has 1 nitrogen and oxygen atoms in total. The summed E-state index contributed by atoms with van der Waals surface area (Å²) >= 11 is 0. The molecule has 0 saturated heterocycles. The van der Waals surface area contributed by atoms with Crippen molar-refractivity contribution < 1.29 is 13.2 Å². The summed E-state index contributed by atoms with van der Waals surface area (Å²) in [7, 11) is 0. The van der Waals surface area contributed by atoms with Gasteiger partial charge in [0.1, 0.15) is 5.69 Å². The van der Waals surface area contributed by atoms with Crippen LogP contribution in [-0.4, -0.2) is 4.98 Å². The van der Waals surface area contributed by atoms with Gasteiger partial charge >= 0.3 is 6.18 Å². The van der Waals surface area contributed by atoms with Gasteiger partial charge in [0, 0.05) is 6.20 Å². The Labute approximate surface area is 68.2 Å². The highest BCUT2D eigenvalue weighted by molar-refractivity contribution is 5.24. The minimum Gasteiger partial charge on any atom is -0.251 e. The van der Waals surface area contributed by atoms with E-state index in [9.17, 15) is 13.2 Å². The molecule has 12 heavy (non-hydrogen) atoms. The molecule has 0 aliphatic carbocycles. The topological polar surface area (TPSA) is 12.9 Å². The summed E-state index contributed by atoms with van der Waals surface area (Å²) in [5.74, 6) is 0. The Morgan fingerprint density at radius 1 is 1.25 bits per heavy atom. The third-order valence-electron chi connectivity index (χ3n) is 1.48. The lowest BCUT2D eigenvalue weighted by atomic mass is 10.1. The molecule has 0 unspecified atom stereocenters. The number of hydrogen-bond donors (Lipinski definition) is 0. The van der Waals surface area contributed by atoms with Crippen molar-refractivity contribution in [3.8, 4) is 0 Å². The smallest absolute Gasteiger partial charge is 0.251 e. The molecule has 4 heteroatoms. The van der Waals surface area contributed by atoms with Crippen LogP contribution in [0.3, 0.4) is 0 Å². The van der Waals surface area contributed by atoms with E-state index in [1.54, 1.807) is 6.92 Å². The molecule has 0 amide bonds. The van der Waals surface area contributed by atoms with Gasteiger partial charge in [-0.2, -0.15) is 13.2 Å². The fourth-order valence-corrected chi connectivity index (χ4v) is 1.01. The molecule has 0 radical (unpaired) electrons. The van der Waals surface area contributed by atoms with Crippen LogP contribution in [0.1, 0.15) is 16.8 Å². The Hall–Kier alpha value is -1.06. The molecule has 0 atom stereocenters. The third kappa shape index (κ3) is 1.75. The molecule has 0 N–H and O–H groups in total. The van der Waals surface area contributed by atoms with Gasteiger partial charge in [0.2, 0.25) is 0 Å². The van der Waals surface area contributed by atoms with E-state index in [2.05, 4.69) is 4.98 Å². The van der Waals surface area contributed by atoms with E-state index in [1.807, 2.05) is 0 Å². The van der Waals surface area contributed by atoms with E-state index in [-0.39, 0.29) is 5.56 Å². The number of alkyl halides is 3. The molecule has 0 bridgehead atoms. The van der Waals surface area contributed by atoms with Crippen molar-refractivity contribution in [3.05, 3.63) is 29.1 Å². The maximum atomic E-state index is 12.1. The zero-order valence-electron chi connectivity index (χ0n) is 6.74. The van der Waals surface area contributed by atoms with Crippen LogP contribution in [0.2, 0.25) is 0 Å². The first-order chi connectivity index (χ1) is 5.41. The minimum absolute atomic E-state index is 0.169. The summed E-state index contributed by atoms with van der Waals surface area (Å²) in [4.78, 5) is 3.32. The number of aromatic nitrogens is 1. The van der Waals surface area contributed by atoms with E-state index in [0.717, 1.165) is 5.56 Å². The first-order valence-electron chi connectivity index (χ1n) is 3.41. The molecule has 0 saturated carbocycles. The second-order valence-corrected chi connectivity index (χ2v) is 2.68. The van der Waals surface area contributed by atoms with Crippen molar-refractivity contribution in [3.63, 3.8) is 0 Å². The molecule has 1 aromatic heterocycles. The van der Waals surface area contributed by atoms with Crippen LogP contribution in [-0.2, 0) is 6.18 Å². The van der Waals surface area contributed by atoms with Gasteiger partial charge < -0.3 is 0 Å². The largest absolute Gasteiger partial charge is 0.433 e. The van der Waals surface area contributed by atoms with Crippen molar-refractivity contribution in [2.45, 2.75) is 20.0 Å². The molecular weight excluding hydrogens is 167 g/mol. The Balaban J connectivity index is 3.19. The highest BCUT2D eigenvalue weighted by atomic mass is 19.4. The van der Waals surface area contributed by atoms with Crippen LogP contribution >= 0.6 is 0 Å². The van der Waals surface area contributed by atoms with Crippen LogP contribution in [0, 0.1) is 13.8 Å². The molecule has 66 valence electrons. The van der Waals surface area contributed by atoms with Crippen LogP contribution in [0.15, 0.2) is 12.3 Å². The Morgan fingerprint density at radius 3 is 2.25 bits per heavy atom. The lowest BCUT2D eigenvalue weighted by Crippen LogP contribution is -2.10. The molecule has 1 rings (SSSR count). The van der Waals surface area contributed by atoms with Gasteiger partial charge in [-0.3, -0.25) is 4.98 Å². The fourth-order valence-electron chi connectivity index (χ4n) is 1.01. The van der Waals surface area contributed by atoms with Crippen LogP contribution < -0.4 is 0 Å². The van der Waals surface area contributed by atoms with Crippen molar-refractivity contribution >= 4 is 0 Å². The number of aryl methyl sites for hydroxylation is 2. The third-order valence-corrected chi connectivity index (χ3v) is 1.48. The lowest BCUT2D eigenvalue weighted by Gasteiger charge is -2.08.